The maximum Gasteiger partial charge on any atom is 0.427 e. The van der Waals surface area contributed by atoms with Gasteiger partial charge in [0.1, 0.15) is 17.2 Å². The van der Waals surface area contributed by atoms with E-state index < -0.39 is 62.8 Å². The molecule has 18 heteroatoms. The molecule has 0 radical (unpaired) electrons. The summed E-state index contributed by atoms with van der Waals surface area (Å²) in [7, 11) is -1.02. The van der Waals surface area contributed by atoms with Gasteiger partial charge in [-0.3, -0.25) is 4.79 Å². The van der Waals surface area contributed by atoms with Gasteiger partial charge in [0.2, 0.25) is 5.78 Å². The van der Waals surface area contributed by atoms with E-state index >= 15 is 0 Å². The highest BCUT2D eigenvalue weighted by molar-refractivity contribution is 7.82. The van der Waals surface area contributed by atoms with Crippen LogP contribution in [0.2, 0.25) is 0 Å². The molecule has 1 aromatic carbocycles. The van der Waals surface area contributed by atoms with E-state index in [1.54, 1.807) is 6.08 Å². The first-order chi connectivity index (χ1) is 21.1. The Morgan fingerprint density at radius 1 is 1.11 bits per heavy atom. The molecule has 45 heavy (non-hydrogen) atoms. The Kier molecular flexibility index (Phi) is 7.80. The monoisotopic (exact) mass is 673 g/mol. The SMILES string of the molecule is Cn1ncc(S(=O)N(CC(F)(F)F)C2CCC3=Cc4c(cnn4-c4ccc(F)cc4)CC3(C(=O)c3ncc(C(F)(F)F)s3)C2)n1. The molecule has 6 rings (SSSR count). The number of nitrogens with zero attached hydrogens (tertiary/aromatic N) is 7. The van der Waals surface area contributed by atoms with Gasteiger partial charge in [-0.1, -0.05) is 5.57 Å². The number of aryl methyl sites for hydroxylation is 1. The first-order valence-electron chi connectivity index (χ1n) is 13.4. The van der Waals surface area contributed by atoms with Gasteiger partial charge in [-0.2, -0.15) is 41.3 Å². The zero-order valence-corrected chi connectivity index (χ0v) is 24.8. The van der Waals surface area contributed by atoms with Gasteiger partial charge in [0, 0.05) is 13.1 Å². The Morgan fingerprint density at radius 3 is 2.47 bits per heavy atom. The van der Waals surface area contributed by atoms with E-state index in [1.807, 2.05) is 0 Å². The molecule has 1 saturated carbocycles. The lowest BCUT2D eigenvalue weighted by atomic mass is 9.61. The average Bonchev–Trinajstić information content (AvgIpc) is 3.73. The second-order valence-electron chi connectivity index (χ2n) is 10.7. The second kappa shape index (κ2) is 11.2. The molecule has 0 bridgehead atoms. The van der Waals surface area contributed by atoms with Crippen LogP contribution in [0.5, 0.6) is 0 Å². The van der Waals surface area contributed by atoms with Crippen molar-refractivity contribution in [2.45, 2.75) is 49.1 Å². The first-order valence-corrected chi connectivity index (χ1v) is 15.3. The van der Waals surface area contributed by atoms with Gasteiger partial charge in [-0.25, -0.2) is 22.6 Å². The minimum atomic E-state index is -4.78. The fraction of sp³-hybridized carbons (Fsp3) is 0.370. The van der Waals surface area contributed by atoms with Crippen molar-refractivity contribution in [2.75, 3.05) is 6.54 Å². The number of alkyl halides is 6. The number of fused-ring (bicyclic) bond motifs is 2. The number of aromatic nitrogens is 6. The summed E-state index contributed by atoms with van der Waals surface area (Å²) >= 11 is 0.159. The van der Waals surface area contributed by atoms with E-state index in [2.05, 4.69) is 20.3 Å². The Labute approximate surface area is 256 Å². The number of Topliss-reactive ketones (excluding diaryl/α,β-unsaturated/α-hetero) is 1. The van der Waals surface area contributed by atoms with Crippen molar-refractivity contribution in [1.82, 2.24) is 34.1 Å². The third kappa shape index (κ3) is 5.97. The summed E-state index contributed by atoms with van der Waals surface area (Å²) in [5.74, 6) is -1.25. The molecule has 3 heterocycles. The molecule has 0 N–H and O–H groups in total. The van der Waals surface area contributed by atoms with Gasteiger partial charge in [-0.15, -0.1) is 16.4 Å². The maximum absolute atomic E-state index is 14.2. The highest BCUT2D eigenvalue weighted by Crippen LogP contribution is 2.52. The number of hydrogen-bond donors (Lipinski definition) is 0. The summed E-state index contributed by atoms with van der Waals surface area (Å²) in [5, 5.41) is 11.4. The van der Waals surface area contributed by atoms with Gasteiger partial charge in [0.05, 0.1) is 35.4 Å². The van der Waals surface area contributed by atoms with Crippen LogP contribution in [0.3, 0.4) is 0 Å². The van der Waals surface area contributed by atoms with Crippen molar-refractivity contribution in [3.8, 4) is 5.69 Å². The molecule has 1 fully saturated rings. The van der Waals surface area contributed by atoms with Crippen molar-refractivity contribution >= 4 is 34.2 Å². The molecule has 0 spiro atoms. The molecule has 9 nitrogen and oxygen atoms in total. The number of thiazole rings is 1. The molecular weight excluding hydrogens is 651 g/mol. The lowest BCUT2D eigenvalue weighted by molar-refractivity contribution is -0.140. The number of ketones is 1. The molecular formula is C27H22F7N7O2S2. The second-order valence-corrected chi connectivity index (χ2v) is 13.2. The van der Waals surface area contributed by atoms with Gasteiger partial charge >= 0.3 is 12.4 Å². The van der Waals surface area contributed by atoms with E-state index in [0.717, 1.165) is 15.3 Å². The van der Waals surface area contributed by atoms with Crippen LogP contribution in [0.4, 0.5) is 30.7 Å². The van der Waals surface area contributed by atoms with Gasteiger partial charge in [0.15, 0.2) is 21.0 Å². The number of halogens is 7. The minimum Gasteiger partial charge on any atom is -0.290 e. The Balaban J connectivity index is 1.44. The van der Waals surface area contributed by atoms with Gasteiger partial charge < -0.3 is 0 Å². The zero-order valence-electron chi connectivity index (χ0n) is 23.1. The summed E-state index contributed by atoms with van der Waals surface area (Å²) in [6.45, 7) is -1.59. The van der Waals surface area contributed by atoms with E-state index in [-0.39, 0.29) is 42.0 Å². The van der Waals surface area contributed by atoms with Crippen LogP contribution < -0.4 is 0 Å². The standard InChI is InChI=1S/C27H22F7N7O2S2/c1-39-36-13-22(38-39)45(43)40(14-26(29,30)31)19-5-2-16-8-20-15(11-37-41(20)18-6-3-17(28)4-7-18)9-25(16,10-19)23(42)24-35-12-21(44-24)27(32,33)34/h3-4,6-8,11-13,19H,2,5,9-10,14H2,1H3. The largest absolute Gasteiger partial charge is 0.427 e. The van der Waals surface area contributed by atoms with Crippen LogP contribution in [-0.4, -0.2) is 62.8 Å². The number of benzene rings is 1. The van der Waals surface area contributed by atoms with E-state index in [4.69, 9.17) is 0 Å². The molecule has 2 aliphatic rings. The highest BCUT2D eigenvalue weighted by Gasteiger charge is 2.53. The quantitative estimate of drug-likeness (QED) is 0.188. The normalized spacial score (nSPS) is 20.9. The average molecular weight is 674 g/mol. The van der Waals surface area contributed by atoms with Crippen molar-refractivity contribution in [1.29, 1.82) is 0 Å². The van der Waals surface area contributed by atoms with Gasteiger partial charge in [0.25, 0.3) is 0 Å². The maximum atomic E-state index is 14.2. The van der Waals surface area contributed by atoms with Crippen LogP contribution in [-0.2, 0) is 30.6 Å². The Bertz CT molecular complexity index is 1810. The fourth-order valence-electron chi connectivity index (χ4n) is 5.86. The molecule has 0 amide bonds. The summed E-state index contributed by atoms with van der Waals surface area (Å²) < 4.78 is 111. The number of carbonyl (C=O) groups excluding carboxylic acids is 1. The van der Waals surface area contributed by atoms with E-state index in [1.165, 1.54) is 42.2 Å². The molecule has 3 aromatic heterocycles. The smallest absolute Gasteiger partial charge is 0.290 e. The van der Waals surface area contributed by atoms with Crippen LogP contribution in [0.1, 0.15) is 45.2 Å². The van der Waals surface area contributed by atoms with E-state index in [9.17, 15) is 39.7 Å². The first kappa shape index (κ1) is 31.2. The zero-order chi connectivity index (χ0) is 32.3. The highest BCUT2D eigenvalue weighted by atomic mass is 32.2. The number of hydrogen-bond acceptors (Lipinski definition) is 7. The van der Waals surface area contributed by atoms with Crippen molar-refractivity contribution in [2.24, 2.45) is 12.5 Å². The van der Waals surface area contributed by atoms with Crippen LogP contribution >= 0.6 is 11.3 Å². The number of carbonyl (C=O) groups is 1. The van der Waals surface area contributed by atoms with Crippen LogP contribution in [0, 0.1) is 11.2 Å². The number of allylic oxidation sites excluding steroid dienone is 1. The van der Waals surface area contributed by atoms with Crippen molar-refractivity contribution in [3.63, 3.8) is 0 Å². The summed E-state index contributed by atoms with van der Waals surface area (Å²) in [6.07, 6.45) is -5.06. The molecule has 3 atom stereocenters. The van der Waals surface area contributed by atoms with Crippen LogP contribution in [0.15, 0.2) is 53.5 Å². The van der Waals surface area contributed by atoms with E-state index in [0.29, 0.717) is 28.7 Å². The van der Waals surface area contributed by atoms with Crippen molar-refractivity contribution in [3.05, 3.63) is 75.4 Å². The topological polar surface area (TPSA) is 98.8 Å². The summed E-state index contributed by atoms with van der Waals surface area (Å²) in [5.41, 5.74) is 0.420. The lowest BCUT2D eigenvalue weighted by Gasteiger charge is -2.46. The van der Waals surface area contributed by atoms with Crippen LogP contribution in [0.25, 0.3) is 11.8 Å². The Morgan fingerprint density at radius 2 is 1.84 bits per heavy atom. The lowest BCUT2D eigenvalue weighted by Crippen LogP contribution is -2.51. The molecule has 238 valence electrons. The third-order valence-electron chi connectivity index (χ3n) is 7.83. The fourth-order valence-corrected chi connectivity index (χ4v) is 7.96. The minimum absolute atomic E-state index is 0.0502. The molecule has 4 aromatic rings. The molecule has 0 aliphatic heterocycles. The summed E-state index contributed by atoms with van der Waals surface area (Å²) in [6, 6.07) is 4.38. The molecule has 2 aliphatic carbocycles. The predicted octanol–water partition coefficient (Wildman–Crippen LogP) is 5.56. The third-order valence-corrected chi connectivity index (χ3v) is 10.3. The summed E-state index contributed by atoms with van der Waals surface area (Å²) in [4.78, 5) is 18.0. The molecule has 3 unspecified atom stereocenters. The Hall–Kier alpha value is -3.77. The predicted molar refractivity (Wildman–Crippen MR) is 147 cm³/mol. The number of rotatable bonds is 7. The van der Waals surface area contributed by atoms with Crippen molar-refractivity contribution < 1.29 is 39.7 Å². The van der Waals surface area contributed by atoms with Gasteiger partial charge in [-0.05, 0) is 61.6 Å². The molecule has 0 saturated heterocycles.